The van der Waals surface area contributed by atoms with Gasteiger partial charge in [0.2, 0.25) is 5.91 Å². The number of benzene rings is 1. The van der Waals surface area contributed by atoms with Crippen LogP contribution in [0.3, 0.4) is 0 Å². The summed E-state index contributed by atoms with van der Waals surface area (Å²) in [6.45, 7) is 7.26. The van der Waals surface area contributed by atoms with Gasteiger partial charge in [-0.15, -0.1) is 0 Å². The SMILES string of the molecule is CCC(=O)N(C1=CC(C)N(C)CC1C)c1ccccc1. The minimum Gasteiger partial charge on any atom is -0.300 e. The Hall–Kier alpha value is -1.61. The molecule has 0 spiro atoms. The van der Waals surface area contributed by atoms with Crippen LogP contribution in [-0.4, -0.2) is 30.4 Å². The molecule has 1 aromatic rings. The zero-order chi connectivity index (χ0) is 14.7. The summed E-state index contributed by atoms with van der Waals surface area (Å²) >= 11 is 0. The molecule has 2 rings (SSSR count). The fourth-order valence-electron chi connectivity index (χ4n) is 2.70. The minimum atomic E-state index is 0.158. The molecule has 0 fully saturated rings. The average Bonchev–Trinajstić information content (AvgIpc) is 2.45. The number of anilines is 1. The highest BCUT2D eigenvalue weighted by Crippen LogP contribution is 2.29. The first kappa shape index (κ1) is 14.8. The van der Waals surface area contributed by atoms with Crippen LogP contribution in [0.2, 0.25) is 0 Å². The van der Waals surface area contributed by atoms with Crippen molar-refractivity contribution >= 4 is 11.6 Å². The van der Waals surface area contributed by atoms with Crippen LogP contribution in [0.5, 0.6) is 0 Å². The summed E-state index contributed by atoms with van der Waals surface area (Å²) in [7, 11) is 2.13. The maximum atomic E-state index is 12.4. The van der Waals surface area contributed by atoms with Crippen LogP contribution in [0.25, 0.3) is 0 Å². The zero-order valence-corrected chi connectivity index (χ0v) is 12.8. The molecule has 0 bridgehead atoms. The molecule has 0 aliphatic carbocycles. The first-order valence-electron chi connectivity index (χ1n) is 7.34. The van der Waals surface area contributed by atoms with E-state index >= 15 is 0 Å². The van der Waals surface area contributed by atoms with Gasteiger partial charge in [-0.25, -0.2) is 0 Å². The van der Waals surface area contributed by atoms with Gasteiger partial charge in [0.25, 0.3) is 0 Å². The highest BCUT2D eigenvalue weighted by Gasteiger charge is 2.28. The van der Waals surface area contributed by atoms with E-state index in [2.05, 4.69) is 31.9 Å². The van der Waals surface area contributed by atoms with Crippen LogP contribution in [0, 0.1) is 5.92 Å². The first-order valence-corrected chi connectivity index (χ1v) is 7.34. The molecule has 1 amide bonds. The lowest BCUT2D eigenvalue weighted by molar-refractivity contribution is -0.118. The van der Waals surface area contributed by atoms with E-state index in [1.165, 1.54) is 0 Å². The predicted octanol–water partition coefficient (Wildman–Crippen LogP) is 3.28. The lowest BCUT2D eigenvalue weighted by atomic mass is 9.97. The summed E-state index contributed by atoms with van der Waals surface area (Å²) in [6, 6.07) is 10.3. The lowest BCUT2D eigenvalue weighted by Crippen LogP contribution is -2.43. The van der Waals surface area contributed by atoms with Gasteiger partial charge in [0.05, 0.1) is 0 Å². The number of carbonyl (C=O) groups is 1. The van der Waals surface area contributed by atoms with Crippen LogP contribution in [0.1, 0.15) is 27.2 Å². The number of hydrogen-bond donors (Lipinski definition) is 0. The monoisotopic (exact) mass is 272 g/mol. The van der Waals surface area contributed by atoms with Gasteiger partial charge in [-0.3, -0.25) is 14.6 Å². The van der Waals surface area contributed by atoms with Crippen molar-refractivity contribution in [2.75, 3.05) is 18.5 Å². The van der Waals surface area contributed by atoms with Crippen molar-refractivity contribution in [3.05, 3.63) is 42.1 Å². The highest BCUT2D eigenvalue weighted by molar-refractivity contribution is 5.96. The van der Waals surface area contributed by atoms with Crippen LogP contribution in [0.15, 0.2) is 42.1 Å². The molecular weight excluding hydrogens is 248 g/mol. The largest absolute Gasteiger partial charge is 0.300 e. The van der Waals surface area contributed by atoms with E-state index in [1.54, 1.807) is 0 Å². The molecule has 0 N–H and O–H groups in total. The number of rotatable bonds is 3. The molecule has 3 nitrogen and oxygen atoms in total. The first-order chi connectivity index (χ1) is 9.54. The Morgan fingerprint density at radius 3 is 2.55 bits per heavy atom. The van der Waals surface area contributed by atoms with Crippen molar-refractivity contribution in [3.63, 3.8) is 0 Å². The quantitative estimate of drug-likeness (QED) is 0.843. The molecule has 108 valence electrons. The van der Waals surface area contributed by atoms with Crippen LogP contribution in [0.4, 0.5) is 5.69 Å². The molecule has 1 aliphatic rings. The number of amides is 1. The predicted molar refractivity (Wildman–Crippen MR) is 83.6 cm³/mol. The molecule has 1 heterocycles. The van der Waals surface area contributed by atoms with Crippen LogP contribution < -0.4 is 4.90 Å². The summed E-state index contributed by atoms with van der Waals surface area (Å²) in [5.41, 5.74) is 2.10. The molecule has 0 saturated heterocycles. The van der Waals surface area contributed by atoms with Gasteiger partial charge >= 0.3 is 0 Å². The van der Waals surface area contributed by atoms with E-state index in [-0.39, 0.29) is 5.91 Å². The van der Waals surface area contributed by atoms with Crippen molar-refractivity contribution in [1.82, 2.24) is 4.90 Å². The van der Waals surface area contributed by atoms with Gasteiger partial charge < -0.3 is 0 Å². The summed E-state index contributed by atoms with van der Waals surface area (Å²) in [5, 5.41) is 0. The molecular formula is C17H24N2O. The molecule has 2 unspecified atom stereocenters. The molecule has 1 aromatic carbocycles. The Kier molecular flexibility index (Phi) is 4.61. The number of likely N-dealkylation sites (N-methyl/N-ethyl adjacent to an activating group) is 1. The third kappa shape index (κ3) is 2.93. The minimum absolute atomic E-state index is 0.158. The Morgan fingerprint density at radius 1 is 1.30 bits per heavy atom. The fraction of sp³-hybridized carbons (Fsp3) is 0.471. The standard InChI is InChI=1S/C17H24N2O/c1-5-17(20)19(15-9-7-6-8-10-15)16-11-14(3)18(4)12-13(16)2/h6-11,13-14H,5,12H2,1-4H3. The number of carbonyl (C=O) groups excluding carboxylic acids is 1. The molecule has 2 atom stereocenters. The maximum Gasteiger partial charge on any atom is 0.230 e. The van der Waals surface area contributed by atoms with Gasteiger partial charge in [0, 0.05) is 36.3 Å². The zero-order valence-electron chi connectivity index (χ0n) is 12.8. The van der Waals surface area contributed by atoms with Gasteiger partial charge in [0.1, 0.15) is 0 Å². The van der Waals surface area contributed by atoms with E-state index in [0.29, 0.717) is 18.4 Å². The Bertz CT molecular complexity index is 495. The molecule has 0 aromatic heterocycles. The van der Waals surface area contributed by atoms with Crippen molar-refractivity contribution in [3.8, 4) is 0 Å². The topological polar surface area (TPSA) is 23.6 Å². The molecule has 20 heavy (non-hydrogen) atoms. The van der Waals surface area contributed by atoms with Crippen LogP contribution >= 0.6 is 0 Å². The van der Waals surface area contributed by atoms with Gasteiger partial charge in [-0.1, -0.05) is 32.0 Å². The van der Waals surface area contributed by atoms with Crippen LogP contribution in [-0.2, 0) is 4.79 Å². The number of nitrogens with zero attached hydrogens (tertiary/aromatic N) is 2. The lowest BCUT2D eigenvalue weighted by Gasteiger charge is -2.38. The van der Waals surface area contributed by atoms with Gasteiger partial charge in [0.15, 0.2) is 0 Å². The average molecular weight is 272 g/mol. The van der Waals surface area contributed by atoms with E-state index in [1.807, 2.05) is 42.2 Å². The fourth-order valence-corrected chi connectivity index (χ4v) is 2.70. The highest BCUT2D eigenvalue weighted by atomic mass is 16.2. The van der Waals surface area contributed by atoms with Crippen molar-refractivity contribution in [2.24, 2.45) is 5.92 Å². The Labute approximate surface area is 121 Å². The number of para-hydroxylation sites is 1. The summed E-state index contributed by atoms with van der Waals surface area (Å²) < 4.78 is 0. The van der Waals surface area contributed by atoms with Gasteiger partial charge in [-0.2, -0.15) is 0 Å². The smallest absolute Gasteiger partial charge is 0.230 e. The Balaban J connectivity index is 2.42. The summed E-state index contributed by atoms with van der Waals surface area (Å²) in [6.07, 6.45) is 2.73. The van der Waals surface area contributed by atoms with E-state index < -0.39 is 0 Å². The van der Waals surface area contributed by atoms with E-state index in [0.717, 1.165) is 17.9 Å². The maximum absolute atomic E-state index is 12.4. The third-order valence-corrected chi connectivity index (χ3v) is 4.00. The van der Waals surface area contributed by atoms with Crippen molar-refractivity contribution in [2.45, 2.75) is 33.2 Å². The summed E-state index contributed by atoms with van der Waals surface area (Å²) in [4.78, 5) is 16.6. The second-order valence-electron chi connectivity index (χ2n) is 5.59. The Morgan fingerprint density at radius 2 is 1.95 bits per heavy atom. The third-order valence-electron chi connectivity index (χ3n) is 4.00. The van der Waals surface area contributed by atoms with Gasteiger partial charge in [-0.05, 0) is 32.2 Å². The molecule has 3 heteroatoms. The second-order valence-corrected chi connectivity index (χ2v) is 5.59. The molecule has 0 saturated carbocycles. The second kappa shape index (κ2) is 6.23. The number of hydrogen-bond acceptors (Lipinski definition) is 2. The van der Waals surface area contributed by atoms with E-state index in [4.69, 9.17) is 0 Å². The van der Waals surface area contributed by atoms with Crippen molar-refractivity contribution in [1.29, 1.82) is 0 Å². The summed E-state index contributed by atoms with van der Waals surface area (Å²) in [5.74, 6) is 0.512. The normalized spacial score (nSPS) is 23.3. The van der Waals surface area contributed by atoms with E-state index in [9.17, 15) is 4.79 Å². The van der Waals surface area contributed by atoms with Crippen molar-refractivity contribution < 1.29 is 4.79 Å². The molecule has 1 aliphatic heterocycles. The molecule has 0 radical (unpaired) electrons.